The zero-order valence-electron chi connectivity index (χ0n) is 12.6. The van der Waals surface area contributed by atoms with Crippen molar-refractivity contribution in [3.63, 3.8) is 0 Å². The maximum Gasteiger partial charge on any atom is 0.265 e. The van der Waals surface area contributed by atoms with Gasteiger partial charge in [-0.2, -0.15) is 0 Å². The summed E-state index contributed by atoms with van der Waals surface area (Å²) in [6, 6.07) is 13.7. The summed E-state index contributed by atoms with van der Waals surface area (Å²) in [6.45, 7) is 2.41. The van der Waals surface area contributed by atoms with Gasteiger partial charge in [0.1, 0.15) is 16.5 Å². The van der Waals surface area contributed by atoms with Gasteiger partial charge in [-0.15, -0.1) is 11.8 Å². The van der Waals surface area contributed by atoms with Crippen LogP contribution in [-0.2, 0) is 9.53 Å². The Morgan fingerprint density at radius 3 is 2.83 bits per heavy atom. The molecule has 0 aromatic heterocycles. The SMILES string of the molecule is CC1=C(C(=O)Nc2ccccc2-c2cccc(F)c2)SCCO1. The average molecular weight is 329 g/mol. The number of amides is 1. The van der Waals surface area contributed by atoms with E-state index in [1.807, 2.05) is 30.3 Å². The normalized spacial score (nSPS) is 14.3. The van der Waals surface area contributed by atoms with Gasteiger partial charge in [-0.3, -0.25) is 4.79 Å². The third-order valence-corrected chi connectivity index (χ3v) is 4.62. The summed E-state index contributed by atoms with van der Waals surface area (Å²) >= 11 is 1.49. The molecule has 118 valence electrons. The van der Waals surface area contributed by atoms with Gasteiger partial charge in [-0.1, -0.05) is 30.3 Å². The van der Waals surface area contributed by atoms with Crippen LogP contribution in [0, 0.1) is 5.82 Å². The van der Waals surface area contributed by atoms with Crippen molar-refractivity contribution in [2.75, 3.05) is 17.7 Å². The molecule has 0 atom stereocenters. The number of allylic oxidation sites excluding steroid dienone is 1. The van der Waals surface area contributed by atoms with Crippen LogP contribution in [0.1, 0.15) is 6.92 Å². The van der Waals surface area contributed by atoms with Crippen molar-refractivity contribution < 1.29 is 13.9 Å². The first kappa shape index (κ1) is 15.6. The number of para-hydroxylation sites is 1. The highest BCUT2D eigenvalue weighted by Gasteiger charge is 2.19. The Morgan fingerprint density at radius 2 is 2.04 bits per heavy atom. The molecule has 3 nitrogen and oxygen atoms in total. The van der Waals surface area contributed by atoms with E-state index in [-0.39, 0.29) is 11.7 Å². The fourth-order valence-corrected chi connectivity index (χ4v) is 3.23. The summed E-state index contributed by atoms with van der Waals surface area (Å²) in [5, 5.41) is 2.91. The molecule has 0 radical (unpaired) electrons. The average Bonchev–Trinajstić information content (AvgIpc) is 2.55. The molecule has 5 heteroatoms. The zero-order valence-corrected chi connectivity index (χ0v) is 13.5. The Labute approximate surface area is 138 Å². The van der Waals surface area contributed by atoms with Gasteiger partial charge in [-0.25, -0.2) is 4.39 Å². The number of anilines is 1. The number of carbonyl (C=O) groups is 1. The van der Waals surface area contributed by atoms with Crippen LogP contribution in [0.4, 0.5) is 10.1 Å². The number of hydrogen-bond donors (Lipinski definition) is 1. The number of halogens is 1. The van der Waals surface area contributed by atoms with Crippen LogP contribution in [0.3, 0.4) is 0 Å². The second-order valence-electron chi connectivity index (χ2n) is 5.09. The fraction of sp³-hybridized carbons (Fsp3) is 0.167. The quantitative estimate of drug-likeness (QED) is 0.905. The molecule has 1 aliphatic heterocycles. The predicted octanol–water partition coefficient (Wildman–Crippen LogP) is 4.43. The van der Waals surface area contributed by atoms with Gasteiger partial charge in [0, 0.05) is 17.0 Å². The molecule has 0 saturated carbocycles. The van der Waals surface area contributed by atoms with Crippen LogP contribution in [0.25, 0.3) is 11.1 Å². The molecule has 23 heavy (non-hydrogen) atoms. The molecular formula is C18H16FNO2S. The van der Waals surface area contributed by atoms with E-state index in [9.17, 15) is 9.18 Å². The van der Waals surface area contributed by atoms with Crippen LogP contribution >= 0.6 is 11.8 Å². The van der Waals surface area contributed by atoms with E-state index in [0.717, 1.165) is 16.9 Å². The minimum atomic E-state index is -0.307. The lowest BCUT2D eigenvalue weighted by atomic mass is 10.0. The van der Waals surface area contributed by atoms with E-state index in [2.05, 4.69) is 5.32 Å². The summed E-state index contributed by atoms with van der Waals surface area (Å²) in [5.74, 6) is 0.891. The molecule has 0 aliphatic carbocycles. The highest BCUT2D eigenvalue weighted by Crippen LogP contribution is 2.31. The monoisotopic (exact) mass is 329 g/mol. The minimum Gasteiger partial charge on any atom is -0.496 e. The number of rotatable bonds is 3. The van der Waals surface area contributed by atoms with Crippen molar-refractivity contribution >= 4 is 23.4 Å². The maximum absolute atomic E-state index is 13.5. The lowest BCUT2D eigenvalue weighted by Gasteiger charge is -2.18. The first-order valence-corrected chi connectivity index (χ1v) is 8.26. The van der Waals surface area contributed by atoms with Crippen LogP contribution in [0.15, 0.2) is 59.2 Å². The molecule has 1 aliphatic rings. The minimum absolute atomic E-state index is 0.198. The highest BCUT2D eigenvalue weighted by atomic mass is 32.2. The Hall–Kier alpha value is -2.27. The van der Waals surface area contributed by atoms with E-state index in [1.165, 1.54) is 23.9 Å². The van der Waals surface area contributed by atoms with E-state index in [4.69, 9.17) is 4.74 Å². The highest BCUT2D eigenvalue weighted by molar-refractivity contribution is 8.04. The Morgan fingerprint density at radius 1 is 1.22 bits per heavy atom. The summed E-state index contributed by atoms with van der Waals surface area (Å²) < 4.78 is 18.9. The molecule has 3 rings (SSSR count). The maximum atomic E-state index is 13.5. The standard InChI is InChI=1S/C18H16FNO2S/c1-12-17(23-10-9-22-12)18(21)20-16-8-3-2-7-15(16)13-5-4-6-14(19)11-13/h2-8,11H,9-10H2,1H3,(H,20,21). The molecule has 0 bridgehead atoms. The van der Waals surface area contributed by atoms with Crippen molar-refractivity contribution in [3.05, 3.63) is 65.0 Å². The van der Waals surface area contributed by atoms with Crippen LogP contribution < -0.4 is 5.32 Å². The first-order chi connectivity index (χ1) is 11.1. The molecule has 1 N–H and O–H groups in total. The van der Waals surface area contributed by atoms with Gasteiger partial charge < -0.3 is 10.1 Å². The Kier molecular flexibility index (Phi) is 4.67. The molecule has 1 amide bonds. The van der Waals surface area contributed by atoms with E-state index >= 15 is 0 Å². The predicted molar refractivity (Wildman–Crippen MR) is 91.6 cm³/mol. The fourth-order valence-electron chi connectivity index (χ4n) is 2.41. The summed E-state index contributed by atoms with van der Waals surface area (Å²) in [5.41, 5.74) is 2.15. The second kappa shape index (κ2) is 6.87. The third-order valence-electron chi connectivity index (χ3n) is 3.49. The Balaban J connectivity index is 1.91. The van der Waals surface area contributed by atoms with E-state index < -0.39 is 0 Å². The molecule has 2 aromatic carbocycles. The molecule has 0 unspecified atom stereocenters. The lowest BCUT2D eigenvalue weighted by molar-refractivity contribution is -0.112. The van der Waals surface area contributed by atoms with Crippen molar-refractivity contribution in [2.24, 2.45) is 0 Å². The van der Waals surface area contributed by atoms with E-state index in [1.54, 1.807) is 13.0 Å². The number of carbonyl (C=O) groups excluding carboxylic acids is 1. The van der Waals surface area contributed by atoms with Crippen molar-refractivity contribution in [1.29, 1.82) is 0 Å². The topological polar surface area (TPSA) is 38.3 Å². The smallest absolute Gasteiger partial charge is 0.265 e. The molecule has 0 spiro atoms. The Bertz CT molecular complexity index is 773. The molecule has 0 fully saturated rings. The van der Waals surface area contributed by atoms with Gasteiger partial charge in [0.05, 0.1) is 6.61 Å². The number of ether oxygens (including phenoxy) is 1. The first-order valence-electron chi connectivity index (χ1n) is 7.28. The van der Waals surface area contributed by atoms with Crippen molar-refractivity contribution in [2.45, 2.75) is 6.92 Å². The summed E-state index contributed by atoms with van der Waals surface area (Å²) in [7, 11) is 0. The van der Waals surface area contributed by atoms with Gasteiger partial charge in [0.2, 0.25) is 0 Å². The summed E-state index contributed by atoms with van der Waals surface area (Å²) in [6.07, 6.45) is 0. The number of hydrogen-bond acceptors (Lipinski definition) is 3. The van der Waals surface area contributed by atoms with Gasteiger partial charge >= 0.3 is 0 Å². The van der Waals surface area contributed by atoms with Crippen LogP contribution in [0.2, 0.25) is 0 Å². The van der Waals surface area contributed by atoms with Gasteiger partial charge in [0.25, 0.3) is 5.91 Å². The van der Waals surface area contributed by atoms with Crippen molar-refractivity contribution in [3.8, 4) is 11.1 Å². The third kappa shape index (κ3) is 3.56. The van der Waals surface area contributed by atoms with Crippen LogP contribution in [-0.4, -0.2) is 18.3 Å². The van der Waals surface area contributed by atoms with E-state index in [0.29, 0.717) is 23.0 Å². The number of thioether (sulfide) groups is 1. The lowest BCUT2D eigenvalue weighted by Crippen LogP contribution is -2.18. The zero-order chi connectivity index (χ0) is 16.2. The number of benzene rings is 2. The largest absolute Gasteiger partial charge is 0.496 e. The van der Waals surface area contributed by atoms with Gasteiger partial charge in [-0.05, 0) is 30.7 Å². The molecule has 0 saturated heterocycles. The molecular weight excluding hydrogens is 313 g/mol. The molecule has 1 heterocycles. The second-order valence-corrected chi connectivity index (χ2v) is 6.20. The van der Waals surface area contributed by atoms with Gasteiger partial charge in [0.15, 0.2) is 0 Å². The summed E-state index contributed by atoms with van der Waals surface area (Å²) in [4.78, 5) is 13.1. The van der Waals surface area contributed by atoms with Crippen LogP contribution in [0.5, 0.6) is 0 Å². The van der Waals surface area contributed by atoms with Crippen molar-refractivity contribution in [1.82, 2.24) is 0 Å². The molecule has 2 aromatic rings. The number of nitrogens with one attached hydrogen (secondary N) is 1.